The smallest absolute Gasteiger partial charge is 0.322 e. The third kappa shape index (κ3) is 3.03. The molecule has 0 saturated carbocycles. The van der Waals surface area contributed by atoms with Gasteiger partial charge in [0.15, 0.2) is 0 Å². The molecule has 21 heavy (non-hydrogen) atoms. The van der Waals surface area contributed by atoms with E-state index in [1.807, 2.05) is 25.3 Å². The van der Waals surface area contributed by atoms with Gasteiger partial charge in [-0.3, -0.25) is 0 Å². The molecule has 0 spiro atoms. The number of benzene rings is 1. The van der Waals surface area contributed by atoms with E-state index in [0.29, 0.717) is 17.8 Å². The van der Waals surface area contributed by atoms with Crippen LogP contribution in [-0.2, 0) is 18.1 Å². The average Bonchev–Trinajstić information content (AvgIpc) is 2.75. The summed E-state index contributed by atoms with van der Waals surface area (Å²) in [7, 11) is 0. The fourth-order valence-corrected chi connectivity index (χ4v) is 2.56. The Kier molecular flexibility index (Phi) is 4.24. The van der Waals surface area contributed by atoms with Crippen molar-refractivity contribution in [2.45, 2.75) is 45.3 Å². The van der Waals surface area contributed by atoms with Gasteiger partial charge in [-0.15, -0.1) is 11.6 Å². The van der Waals surface area contributed by atoms with Gasteiger partial charge in [0.05, 0.1) is 16.6 Å². The Morgan fingerprint density at radius 1 is 1.24 bits per heavy atom. The van der Waals surface area contributed by atoms with Crippen molar-refractivity contribution in [3.63, 3.8) is 0 Å². The zero-order valence-corrected chi connectivity index (χ0v) is 13.0. The van der Waals surface area contributed by atoms with Gasteiger partial charge in [-0.25, -0.2) is 4.98 Å². The van der Waals surface area contributed by atoms with Crippen molar-refractivity contribution in [2.24, 2.45) is 0 Å². The fraction of sp³-hybridized carbons (Fsp3) is 0.533. The third-order valence-corrected chi connectivity index (χ3v) is 4.03. The first kappa shape index (κ1) is 16.1. The summed E-state index contributed by atoms with van der Waals surface area (Å²) >= 11 is 5.80. The van der Waals surface area contributed by atoms with Gasteiger partial charge < -0.3 is 4.57 Å². The minimum atomic E-state index is -4.36. The Morgan fingerprint density at radius 3 is 2.43 bits per heavy atom. The van der Waals surface area contributed by atoms with Gasteiger partial charge in [0, 0.05) is 17.8 Å². The number of halogens is 4. The van der Waals surface area contributed by atoms with Gasteiger partial charge in [0.25, 0.3) is 0 Å². The normalized spacial score (nSPS) is 13.1. The van der Waals surface area contributed by atoms with Crippen molar-refractivity contribution in [1.82, 2.24) is 9.55 Å². The highest BCUT2D eigenvalue weighted by Crippen LogP contribution is 2.34. The lowest BCUT2D eigenvalue weighted by molar-refractivity contribution is -0.137. The molecule has 6 heteroatoms. The minimum absolute atomic E-state index is 0.226. The molecular weight excluding hydrogens is 301 g/mol. The third-order valence-electron chi connectivity index (χ3n) is 3.84. The van der Waals surface area contributed by atoms with E-state index in [9.17, 15) is 13.2 Å². The molecule has 0 aliphatic carbocycles. The van der Waals surface area contributed by atoms with E-state index < -0.39 is 11.7 Å². The van der Waals surface area contributed by atoms with E-state index in [0.717, 1.165) is 29.9 Å². The van der Waals surface area contributed by atoms with Crippen LogP contribution < -0.4 is 0 Å². The molecular formula is C15H18ClF3N2. The van der Waals surface area contributed by atoms with Gasteiger partial charge in [0.1, 0.15) is 5.82 Å². The van der Waals surface area contributed by atoms with E-state index in [2.05, 4.69) is 4.98 Å². The van der Waals surface area contributed by atoms with Crippen LogP contribution in [0, 0.1) is 0 Å². The number of hydrogen-bond donors (Lipinski definition) is 0. The van der Waals surface area contributed by atoms with Crippen LogP contribution in [0.15, 0.2) is 18.2 Å². The number of hydrogen-bond acceptors (Lipinski definition) is 1. The van der Waals surface area contributed by atoms with Crippen LogP contribution >= 0.6 is 11.6 Å². The van der Waals surface area contributed by atoms with E-state index in [4.69, 9.17) is 11.6 Å². The molecule has 116 valence electrons. The summed E-state index contributed by atoms with van der Waals surface area (Å²) in [6.45, 7) is 6.13. The summed E-state index contributed by atoms with van der Waals surface area (Å²) in [6.07, 6.45) is -2.99. The number of rotatable bonds is 4. The van der Waals surface area contributed by atoms with E-state index in [1.54, 1.807) is 0 Å². The molecule has 0 aliphatic rings. The first-order valence-corrected chi connectivity index (χ1v) is 7.39. The monoisotopic (exact) mass is 318 g/mol. The van der Waals surface area contributed by atoms with Crippen LogP contribution in [0.5, 0.6) is 0 Å². The summed E-state index contributed by atoms with van der Waals surface area (Å²) in [5, 5.41) is 0. The second kappa shape index (κ2) is 5.52. The Morgan fingerprint density at radius 2 is 1.90 bits per heavy atom. The highest BCUT2D eigenvalue weighted by Gasteiger charge is 2.32. The topological polar surface area (TPSA) is 17.8 Å². The van der Waals surface area contributed by atoms with Crippen LogP contribution in [0.3, 0.4) is 0 Å². The Labute approximate surface area is 126 Å². The lowest BCUT2D eigenvalue weighted by atomic mass is 10.0. The van der Waals surface area contributed by atoms with Gasteiger partial charge in [-0.1, -0.05) is 6.92 Å². The molecule has 1 heterocycles. The van der Waals surface area contributed by atoms with Crippen molar-refractivity contribution in [3.8, 4) is 0 Å². The molecule has 0 radical (unpaired) electrons. The quantitative estimate of drug-likeness (QED) is 0.727. The summed E-state index contributed by atoms with van der Waals surface area (Å²) in [5.74, 6) is 1.11. The molecule has 2 aromatic rings. The summed E-state index contributed by atoms with van der Waals surface area (Å²) in [6, 6.07) is 3.71. The number of imidazole rings is 1. The predicted molar refractivity (Wildman–Crippen MR) is 78.8 cm³/mol. The lowest BCUT2D eigenvalue weighted by Gasteiger charge is -2.28. The first-order chi connectivity index (χ1) is 9.70. The number of alkyl halides is 4. The van der Waals surface area contributed by atoms with Gasteiger partial charge in [0.2, 0.25) is 0 Å². The highest BCUT2D eigenvalue weighted by molar-refractivity contribution is 6.17. The van der Waals surface area contributed by atoms with Crippen molar-refractivity contribution in [2.75, 3.05) is 5.88 Å². The summed E-state index contributed by atoms with van der Waals surface area (Å²) in [5.41, 5.74) is 0.184. The van der Waals surface area contributed by atoms with Crippen molar-refractivity contribution < 1.29 is 13.2 Å². The Bertz CT molecular complexity index is 644. The zero-order chi connectivity index (χ0) is 15.8. The second-order valence-electron chi connectivity index (χ2n) is 5.67. The van der Waals surface area contributed by atoms with Crippen LogP contribution in [0.4, 0.5) is 13.2 Å². The van der Waals surface area contributed by atoms with Crippen LogP contribution in [0.1, 0.15) is 38.6 Å². The van der Waals surface area contributed by atoms with Gasteiger partial charge in [-0.2, -0.15) is 13.2 Å². The highest BCUT2D eigenvalue weighted by atomic mass is 35.5. The molecule has 0 fully saturated rings. The molecule has 0 N–H and O–H groups in total. The van der Waals surface area contributed by atoms with Crippen molar-refractivity contribution in [3.05, 3.63) is 29.6 Å². The maximum absolute atomic E-state index is 12.8. The van der Waals surface area contributed by atoms with Crippen LogP contribution in [0.2, 0.25) is 0 Å². The molecule has 2 nitrogen and oxygen atoms in total. The molecule has 2 rings (SSSR count). The molecule has 0 aliphatic heterocycles. The van der Waals surface area contributed by atoms with Gasteiger partial charge in [-0.05, 0) is 38.5 Å². The Balaban J connectivity index is 2.69. The summed E-state index contributed by atoms with van der Waals surface area (Å²) in [4.78, 5) is 4.37. The minimum Gasteiger partial charge on any atom is -0.322 e. The Hall–Kier alpha value is -1.23. The maximum atomic E-state index is 12.8. The second-order valence-corrected chi connectivity index (χ2v) is 6.05. The number of aryl methyl sites for hydroxylation is 1. The van der Waals surface area contributed by atoms with Crippen LogP contribution in [0.25, 0.3) is 11.0 Å². The van der Waals surface area contributed by atoms with Crippen molar-refractivity contribution in [1.29, 1.82) is 0 Å². The molecule has 0 unspecified atom stereocenters. The number of aromatic nitrogens is 2. The molecule has 1 aromatic carbocycles. The van der Waals surface area contributed by atoms with Crippen molar-refractivity contribution >= 4 is 22.6 Å². The van der Waals surface area contributed by atoms with E-state index in [-0.39, 0.29) is 5.54 Å². The largest absolute Gasteiger partial charge is 0.416 e. The fourth-order valence-electron chi connectivity index (χ4n) is 2.39. The molecule has 1 aromatic heterocycles. The SMILES string of the molecule is CCC(C)(C)n1c(CCCl)nc2cc(C(F)(F)F)ccc21. The van der Waals surface area contributed by atoms with E-state index >= 15 is 0 Å². The average molecular weight is 319 g/mol. The number of fused-ring (bicyclic) bond motifs is 1. The molecule has 0 saturated heterocycles. The molecule has 0 atom stereocenters. The standard InChI is InChI=1S/C15H18ClF3N2/c1-4-14(2,3)21-12-6-5-10(15(17,18)19)9-11(12)20-13(21)7-8-16/h5-6,9H,4,7-8H2,1-3H3. The molecule has 0 amide bonds. The maximum Gasteiger partial charge on any atom is 0.416 e. The van der Waals surface area contributed by atoms with E-state index in [1.165, 1.54) is 6.07 Å². The lowest BCUT2D eigenvalue weighted by Crippen LogP contribution is -2.27. The molecule has 0 bridgehead atoms. The predicted octanol–water partition coefficient (Wildman–Crippen LogP) is 4.98. The first-order valence-electron chi connectivity index (χ1n) is 6.85. The number of nitrogens with zero attached hydrogens (tertiary/aromatic N) is 2. The van der Waals surface area contributed by atoms with Gasteiger partial charge >= 0.3 is 6.18 Å². The van der Waals surface area contributed by atoms with Crippen LogP contribution in [-0.4, -0.2) is 15.4 Å². The summed E-state index contributed by atoms with van der Waals surface area (Å²) < 4.78 is 40.5. The zero-order valence-electron chi connectivity index (χ0n) is 12.3.